The summed E-state index contributed by atoms with van der Waals surface area (Å²) in [6.07, 6.45) is 0. The van der Waals surface area contributed by atoms with Crippen LogP contribution in [0, 0.1) is 0 Å². The van der Waals surface area contributed by atoms with Gasteiger partial charge < -0.3 is 20.3 Å². The van der Waals surface area contributed by atoms with E-state index < -0.39 is 18.5 Å². The van der Waals surface area contributed by atoms with Crippen molar-refractivity contribution in [3.8, 4) is 5.75 Å². The zero-order valence-corrected chi connectivity index (χ0v) is 14.5. The molecule has 0 aliphatic carbocycles. The first-order valence-electron chi connectivity index (χ1n) is 6.03. The van der Waals surface area contributed by atoms with Crippen LogP contribution in [0.5, 0.6) is 5.75 Å². The van der Waals surface area contributed by atoms with Gasteiger partial charge in [-0.05, 0) is 30.1 Å². The summed E-state index contributed by atoms with van der Waals surface area (Å²) in [5, 5.41) is 10.3. The van der Waals surface area contributed by atoms with Crippen LogP contribution in [0.15, 0.2) is 28.5 Å². The normalized spacial score (nSPS) is 10.3. The van der Waals surface area contributed by atoms with Crippen molar-refractivity contribution in [2.45, 2.75) is 4.21 Å². The topological polar surface area (TPSA) is 102 Å². The molecule has 0 aliphatic heterocycles. The summed E-state index contributed by atoms with van der Waals surface area (Å²) in [5.74, 6) is -1.90. The number of carbonyl (C=O) groups excluding carboxylic acids is 2. The Balaban J connectivity index is 2.01. The predicted molar refractivity (Wildman–Crippen MR) is 91.4 cm³/mol. The highest BCUT2D eigenvalue weighted by atomic mass is 35.5. The number of phenols is 1. The Bertz CT molecular complexity index is 732. The summed E-state index contributed by atoms with van der Waals surface area (Å²) in [6, 6.07) is 6.01. The molecule has 0 saturated carbocycles. The van der Waals surface area contributed by atoms with Gasteiger partial charge in [0.25, 0.3) is 5.91 Å². The zero-order valence-electron chi connectivity index (χ0n) is 11.3. The number of hydrogen-bond donors (Lipinski definition) is 3. The Hall–Kier alpha value is -1.61. The lowest BCUT2D eigenvalue weighted by molar-refractivity contribution is -0.121. The third-order valence-corrected chi connectivity index (χ3v) is 5.27. The van der Waals surface area contributed by atoms with Crippen LogP contribution in [0.4, 0.5) is 5.69 Å². The molecule has 0 radical (unpaired) electrons. The van der Waals surface area contributed by atoms with Crippen molar-refractivity contribution in [2.75, 3.05) is 11.3 Å². The van der Waals surface area contributed by atoms with Gasteiger partial charge in [-0.2, -0.15) is 0 Å². The van der Waals surface area contributed by atoms with Gasteiger partial charge >= 0.3 is 5.97 Å². The zero-order chi connectivity index (χ0) is 17.0. The van der Waals surface area contributed by atoms with E-state index in [2.05, 4.69) is 9.46 Å². The summed E-state index contributed by atoms with van der Waals surface area (Å²) in [5.41, 5.74) is 5.37. The number of phenolic OH excluding ortho intramolecular Hbond substituents is 1. The Morgan fingerprint density at radius 2 is 2.09 bits per heavy atom. The molecule has 0 fully saturated rings. The highest BCUT2D eigenvalue weighted by Crippen LogP contribution is 2.37. The highest BCUT2D eigenvalue weighted by Gasteiger charge is 2.14. The Morgan fingerprint density at radius 3 is 2.65 bits per heavy atom. The average Bonchev–Trinajstić information content (AvgIpc) is 2.81. The molecule has 122 valence electrons. The van der Waals surface area contributed by atoms with Crippen LogP contribution in [0.2, 0.25) is 9.36 Å². The van der Waals surface area contributed by atoms with Crippen LogP contribution in [-0.2, 0) is 9.53 Å². The molecule has 2 aromatic rings. The van der Waals surface area contributed by atoms with E-state index in [0.717, 1.165) is 4.21 Å². The van der Waals surface area contributed by atoms with Gasteiger partial charge in [0.15, 0.2) is 6.61 Å². The molecular formula is C13H10Cl2N2O4S2. The van der Waals surface area contributed by atoms with Crippen molar-refractivity contribution in [2.24, 2.45) is 5.73 Å². The quantitative estimate of drug-likeness (QED) is 0.513. The number of esters is 1. The first-order valence-corrected chi connectivity index (χ1v) is 8.42. The van der Waals surface area contributed by atoms with E-state index in [1.54, 1.807) is 12.1 Å². The molecule has 10 heteroatoms. The van der Waals surface area contributed by atoms with Crippen LogP contribution in [-0.4, -0.2) is 23.6 Å². The van der Waals surface area contributed by atoms with Gasteiger partial charge in [-0.15, -0.1) is 11.3 Å². The van der Waals surface area contributed by atoms with Gasteiger partial charge in [0.1, 0.15) is 15.6 Å². The molecule has 4 N–H and O–H groups in total. The summed E-state index contributed by atoms with van der Waals surface area (Å²) in [7, 11) is 0. The molecular weight excluding hydrogens is 383 g/mol. The molecule has 6 nitrogen and oxygen atoms in total. The van der Waals surface area contributed by atoms with Crippen molar-refractivity contribution in [1.82, 2.24) is 0 Å². The minimum Gasteiger partial charge on any atom is -0.507 e. The lowest BCUT2D eigenvalue weighted by Crippen LogP contribution is -2.20. The summed E-state index contributed by atoms with van der Waals surface area (Å²) >= 11 is 14.3. The number of amides is 1. The fourth-order valence-electron chi connectivity index (χ4n) is 1.47. The van der Waals surface area contributed by atoms with E-state index in [0.29, 0.717) is 15.0 Å². The summed E-state index contributed by atoms with van der Waals surface area (Å²) < 4.78 is 8.94. The number of thiophene rings is 1. The number of halogens is 2. The largest absolute Gasteiger partial charge is 0.507 e. The number of aromatic hydroxyl groups is 1. The number of carbonyl (C=O) groups is 2. The first kappa shape index (κ1) is 17.7. The van der Waals surface area contributed by atoms with Gasteiger partial charge in [-0.25, -0.2) is 4.79 Å². The fraction of sp³-hybridized carbons (Fsp3) is 0.0769. The summed E-state index contributed by atoms with van der Waals surface area (Å²) in [4.78, 5) is 22.2. The maximum absolute atomic E-state index is 11.7. The van der Waals surface area contributed by atoms with Gasteiger partial charge in [0.05, 0.1) is 9.23 Å². The van der Waals surface area contributed by atoms with Crippen molar-refractivity contribution < 1.29 is 19.4 Å². The number of rotatable bonds is 6. The third kappa shape index (κ3) is 4.93. The Kier molecular flexibility index (Phi) is 6.00. The molecule has 2 rings (SSSR count). The van der Waals surface area contributed by atoms with E-state index in [-0.39, 0.29) is 11.3 Å². The van der Waals surface area contributed by atoms with Gasteiger partial charge in [0, 0.05) is 11.8 Å². The number of benzene rings is 1. The number of nitrogens with two attached hydrogens (primary N) is 1. The average molecular weight is 393 g/mol. The second kappa shape index (κ2) is 7.78. The van der Waals surface area contributed by atoms with Crippen LogP contribution in [0.25, 0.3) is 0 Å². The van der Waals surface area contributed by atoms with E-state index in [1.807, 2.05) is 0 Å². The van der Waals surface area contributed by atoms with E-state index >= 15 is 0 Å². The maximum atomic E-state index is 11.7. The van der Waals surface area contributed by atoms with Crippen LogP contribution >= 0.6 is 46.5 Å². The van der Waals surface area contributed by atoms with Gasteiger partial charge in [-0.1, -0.05) is 23.2 Å². The Morgan fingerprint density at radius 1 is 1.35 bits per heavy atom. The minimum atomic E-state index is -0.836. The second-order valence-electron chi connectivity index (χ2n) is 4.17. The minimum absolute atomic E-state index is 0.0657. The third-order valence-electron chi connectivity index (χ3n) is 2.46. The van der Waals surface area contributed by atoms with Crippen molar-refractivity contribution in [3.05, 3.63) is 39.2 Å². The number of primary amides is 1. The molecule has 0 atom stereocenters. The monoisotopic (exact) mass is 392 g/mol. The fourth-order valence-corrected chi connectivity index (χ4v) is 3.84. The predicted octanol–water partition coefficient (Wildman–Crippen LogP) is 3.52. The number of anilines is 1. The number of nitrogens with one attached hydrogen (secondary N) is 1. The SMILES string of the molecule is NC(=O)COC(=O)c1ccc(NSc2cc(Cl)c(Cl)s2)cc1O. The maximum Gasteiger partial charge on any atom is 0.342 e. The molecule has 1 aromatic carbocycles. The standard InChI is InChI=1S/C13H10Cl2N2O4S2/c14-8-4-11(22-12(8)15)23-17-6-1-2-7(9(18)3-6)13(20)21-5-10(16)19/h1-4,17-18H,5H2,(H2,16,19). The van der Waals surface area contributed by atoms with Crippen LogP contribution < -0.4 is 10.5 Å². The van der Waals surface area contributed by atoms with Gasteiger partial charge in [0.2, 0.25) is 0 Å². The summed E-state index contributed by atoms with van der Waals surface area (Å²) in [6.45, 7) is -0.548. The van der Waals surface area contributed by atoms with E-state index in [1.165, 1.54) is 35.4 Å². The Labute approximate surface area is 149 Å². The lowest BCUT2D eigenvalue weighted by atomic mass is 10.2. The molecule has 1 aromatic heterocycles. The molecule has 0 spiro atoms. The molecule has 23 heavy (non-hydrogen) atoms. The number of hydrogen-bond acceptors (Lipinski definition) is 7. The number of ether oxygens (including phenoxy) is 1. The molecule has 1 amide bonds. The molecule has 0 bridgehead atoms. The second-order valence-corrected chi connectivity index (χ2v) is 7.33. The van der Waals surface area contributed by atoms with Crippen molar-refractivity contribution in [3.63, 3.8) is 0 Å². The smallest absolute Gasteiger partial charge is 0.342 e. The highest BCUT2D eigenvalue weighted by molar-refractivity contribution is 8.02. The molecule has 0 aliphatic rings. The van der Waals surface area contributed by atoms with E-state index in [4.69, 9.17) is 28.9 Å². The molecule has 0 saturated heterocycles. The van der Waals surface area contributed by atoms with E-state index in [9.17, 15) is 14.7 Å². The van der Waals surface area contributed by atoms with Crippen molar-refractivity contribution in [1.29, 1.82) is 0 Å². The first-order chi connectivity index (χ1) is 10.9. The van der Waals surface area contributed by atoms with Gasteiger partial charge in [-0.3, -0.25) is 4.79 Å². The molecule has 1 heterocycles. The molecule has 0 unspecified atom stereocenters. The van der Waals surface area contributed by atoms with Crippen LogP contribution in [0.3, 0.4) is 0 Å². The van der Waals surface area contributed by atoms with Crippen LogP contribution in [0.1, 0.15) is 10.4 Å². The van der Waals surface area contributed by atoms with Crippen molar-refractivity contribution >= 4 is 64.1 Å². The lowest BCUT2D eigenvalue weighted by Gasteiger charge is -2.08.